The number of hydrogen-bond acceptors (Lipinski definition) is 6. The van der Waals surface area contributed by atoms with Gasteiger partial charge in [-0.15, -0.1) is 0 Å². The average Bonchev–Trinajstić information content (AvgIpc) is 2.67. The lowest BCUT2D eigenvalue weighted by atomic mass is 10.1. The van der Waals surface area contributed by atoms with Gasteiger partial charge in [0, 0.05) is 0 Å². The Morgan fingerprint density at radius 2 is 1.89 bits per heavy atom. The number of amides is 1. The molecule has 0 atom stereocenters. The number of esters is 1. The van der Waals surface area contributed by atoms with Gasteiger partial charge in [0.15, 0.2) is 6.61 Å². The normalized spacial score (nSPS) is 10.5. The van der Waals surface area contributed by atoms with E-state index in [1.54, 1.807) is 37.4 Å². The van der Waals surface area contributed by atoms with Gasteiger partial charge in [-0.2, -0.15) is 5.10 Å². The number of halogens is 1. The van der Waals surface area contributed by atoms with E-state index >= 15 is 0 Å². The second kappa shape index (κ2) is 10.3. The molecule has 0 saturated carbocycles. The molecule has 0 aromatic heterocycles. The van der Waals surface area contributed by atoms with Crippen LogP contribution < -0.4 is 14.9 Å². The van der Waals surface area contributed by atoms with Crippen LogP contribution in [0, 0.1) is 0 Å². The molecule has 2 aromatic rings. The highest BCUT2D eigenvalue weighted by molar-refractivity contribution is 9.10. The lowest BCUT2D eigenvalue weighted by molar-refractivity contribution is -0.142. The highest BCUT2D eigenvalue weighted by atomic mass is 79.9. The Balaban J connectivity index is 1.86. The smallest absolute Gasteiger partial charge is 0.343 e. The minimum Gasteiger partial charge on any atom is -0.497 e. The first-order valence-corrected chi connectivity index (χ1v) is 8.75. The first-order valence-electron chi connectivity index (χ1n) is 7.96. The average molecular weight is 435 g/mol. The van der Waals surface area contributed by atoms with Crippen molar-refractivity contribution in [2.24, 2.45) is 5.10 Å². The Morgan fingerprint density at radius 3 is 2.52 bits per heavy atom. The van der Waals surface area contributed by atoms with E-state index < -0.39 is 5.97 Å². The van der Waals surface area contributed by atoms with Gasteiger partial charge in [-0.3, -0.25) is 4.79 Å². The van der Waals surface area contributed by atoms with E-state index in [0.29, 0.717) is 10.2 Å². The Kier molecular flexibility index (Phi) is 7.81. The molecule has 0 aliphatic heterocycles. The molecule has 0 fully saturated rings. The van der Waals surface area contributed by atoms with E-state index in [1.165, 1.54) is 13.3 Å². The fourth-order valence-corrected chi connectivity index (χ4v) is 2.57. The molecular formula is C19H19BrN2O5. The zero-order valence-electron chi connectivity index (χ0n) is 14.9. The van der Waals surface area contributed by atoms with Gasteiger partial charge in [0.2, 0.25) is 5.91 Å². The summed E-state index contributed by atoms with van der Waals surface area (Å²) in [6.45, 7) is -0.177. The molecular weight excluding hydrogens is 416 g/mol. The molecule has 0 unspecified atom stereocenters. The molecule has 0 aliphatic rings. The second-order valence-corrected chi connectivity index (χ2v) is 6.23. The zero-order chi connectivity index (χ0) is 19.6. The predicted octanol–water partition coefficient (Wildman–Crippen LogP) is 2.70. The fourth-order valence-electron chi connectivity index (χ4n) is 2.06. The van der Waals surface area contributed by atoms with Crippen molar-refractivity contribution in [3.8, 4) is 11.5 Å². The molecule has 8 heteroatoms. The Morgan fingerprint density at radius 1 is 1.15 bits per heavy atom. The minimum atomic E-state index is -0.466. The van der Waals surface area contributed by atoms with Gasteiger partial charge in [-0.05, 0) is 57.4 Å². The molecule has 0 saturated heterocycles. The summed E-state index contributed by atoms with van der Waals surface area (Å²) < 4.78 is 15.6. The number of hydrogen-bond donors (Lipinski definition) is 1. The van der Waals surface area contributed by atoms with Crippen LogP contribution >= 0.6 is 15.9 Å². The molecule has 0 bridgehead atoms. The monoisotopic (exact) mass is 434 g/mol. The van der Waals surface area contributed by atoms with Crippen LogP contribution in [0.5, 0.6) is 11.5 Å². The van der Waals surface area contributed by atoms with Crippen LogP contribution in [0.4, 0.5) is 0 Å². The lowest BCUT2D eigenvalue weighted by Crippen LogP contribution is -2.19. The first-order chi connectivity index (χ1) is 13.0. The van der Waals surface area contributed by atoms with Gasteiger partial charge in [0.05, 0.1) is 31.3 Å². The summed E-state index contributed by atoms with van der Waals surface area (Å²) >= 11 is 3.36. The summed E-state index contributed by atoms with van der Waals surface area (Å²) in [5.41, 5.74) is 4.09. The van der Waals surface area contributed by atoms with Crippen molar-refractivity contribution in [2.45, 2.75) is 6.42 Å². The molecule has 142 valence electrons. The molecule has 27 heavy (non-hydrogen) atoms. The fraction of sp³-hybridized carbons (Fsp3) is 0.211. The molecule has 0 aliphatic carbocycles. The Bertz CT molecular complexity index is 821. The number of nitrogens with one attached hydrogen (secondary N) is 1. The zero-order valence-corrected chi connectivity index (χ0v) is 16.5. The molecule has 0 spiro atoms. The van der Waals surface area contributed by atoms with Gasteiger partial charge >= 0.3 is 5.97 Å². The molecule has 0 radical (unpaired) electrons. The molecule has 7 nitrogen and oxygen atoms in total. The van der Waals surface area contributed by atoms with Crippen LogP contribution in [0.25, 0.3) is 0 Å². The third kappa shape index (κ3) is 6.74. The van der Waals surface area contributed by atoms with Crippen LogP contribution in [0.3, 0.4) is 0 Å². The lowest BCUT2D eigenvalue weighted by Gasteiger charge is -2.07. The highest BCUT2D eigenvalue weighted by Crippen LogP contribution is 2.25. The van der Waals surface area contributed by atoms with E-state index in [9.17, 15) is 9.59 Å². The van der Waals surface area contributed by atoms with Crippen molar-refractivity contribution in [2.75, 3.05) is 20.8 Å². The van der Waals surface area contributed by atoms with E-state index in [4.69, 9.17) is 9.47 Å². The summed E-state index contributed by atoms with van der Waals surface area (Å²) in [7, 11) is 2.88. The quantitative estimate of drug-likeness (QED) is 0.392. The third-order valence-corrected chi connectivity index (χ3v) is 4.08. The largest absolute Gasteiger partial charge is 0.497 e. The van der Waals surface area contributed by atoms with Crippen LogP contribution in [0.2, 0.25) is 0 Å². The SMILES string of the molecule is COC(=O)COc1ccc(C=NNC(=O)Cc2ccc(OC)cc2)cc1Br. The van der Waals surface area contributed by atoms with Gasteiger partial charge < -0.3 is 14.2 Å². The van der Waals surface area contributed by atoms with E-state index in [1.807, 2.05) is 12.1 Å². The van der Waals surface area contributed by atoms with Gasteiger partial charge in [-0.1, -0.05) is 12.1 Å². The van der Waals surface area contributed by atoms with Gasteiger partial charge in [0.25, 0.3) is 0 Å². The van der Waals surface area contributed by atoms with Crippen molar-refractivity contribution in [1.29, 1.82) is 0 Å². The highest BCUT2D eigenvalue weighted by Gasteiger charge is 2.06. The van der Waals surface area contributed by atoms with Crippen molar-refractivity contribution in [3.05, 3.63) is 58.1 Å². The van der Waals surface area contributed by atoms with Crippen molar-refractivity contribution in [3.63, 3.8) is 0 Å². The van der Waals surface area contributed by atoms with E-state index in [2.05, 4.69) is 31.2 Å². The van der Waals surface area contributed by atoms with Crippen molar-refractivity contribution < 1.29 is 23.8 Å². The van der Waals surface area contributed by atoms with Crippen molar-refractivity contribution >= 4 is 34.0 Å². The van der Waals surface area contributed by atoms with Gasteiger partial charge in [0.1, 0.15) is 11.5 Å². The standard InChI is InChI=1S/C19H19BrN2O5/c1-25-15-6-3-13(4-7-15)10-18(23)22-21-11-14-5-8-17(16(20)9-14)27-12-19(24)26-2/h3-9,11H,10,12H2,1-2H3,(H,22,23). The van der Waals surface area contributed by atoms with Crippen molar-refractivity contribution in [1.82, 2.24) is 5.43 Å². The number of benzene rings is 2. The number of nitrogens with zero attached hydrogens (tertiary/aromatic N) is 1. The summed E-state index contributed by atoms with van der Waals surface area (Å²) in [6.07, 6.45) is 1.73. The summed E-state index contributed by atoms with van der Waals surface area (Å²) in [5, 5.41) is 3.94. The number of ether oxygens (including phenoxy) is 3. The molecule has 2 rings (SSSR count). The number of hydrazone groups is 1. The first kappa shape index (κ1) is 20.4. The van der Waals surface area contributed by atoms with Crippen LogP contribution in [0.15, 0.2) is 52.0 Å². The Labute approximate surface area is 165 Å². The second-order valence-electron chi connectivity index (χ2n) is 5.37. The minimum absolute atomic E-state index is 0.177. The Hall–Kier alpha value is -2.87. The predicted molar refractivity (Wildman–Crippen MR) is 104 cm³/mol. The summed E-state index contributed by atoms with van der Waals surface area (Å²) in [4.78, 5) is 23.0. The number of methoxy groups -OCH3 is 2. The topological polar surface area (TPSA) is 86.2 Å². The molecule has 0 heterocycles. The molecule has 2 aromatic carbocycles. The van der Waals surface area contributed by atoms with Crippen LogP contribution in [-0.4, -0.2) is 38.9 Å². The summed E-state index contributed by atoms with van der Waals surface area (Å²) in [6, 6.07) is 12.4. The maximum Gasteiger partial charge on any atom is 0.343 e. The maximum absolute atomic E-state index is 11.9. The van der Waals surface area contributed by atoms with E-state index in [0.717, 1.165) is 16.9 Å². The van der Waals surface area contributed by atoms with Crippen LogP contribution in [0.1, 0.15) is 11.1 Å². The number of carbonyl (C=O) groups is 2. The number of rotatable bonds is 8. The van der Waals surface area contributed by atoms with Crippen LogP contribution in [-0.2, 0) is 20.7 Å². The third-order valence-electron chi connectivity index (χ3n) is 3.46. The molecule has 1 amide bonds. The maximum atomic E-state index is 11.9. The summed E-state index contributed by atoms with van der Waals surface area (Å²) in [5.74, 6) is 0.545. The van der Waals surface area contributed by atoms with E-state index in [-0.39, 0.29) is 18.9 Å². The molecule has 1 N–H and O–H groups in total. The van der Waals surface area contributed by atoms with Gasteiger partial charge in [-0.25, -0.2) is 10.2 Å². The number of carbonyl (C=O) groups excluding carboxylic acids is 2.